The van der Waals surface area contributed by atoms with Crippen LogP contribution in [0.15, 0.2) is 6.07 Å². The van der Waals surface area contributed by atoms with Gasteiger partial charge in [-0.25, -0.2) is 4.98 Å². The Hall–Kier alpha value is -1.36. The second kappa shape index (κ2) is 3.18. The van der Waals surface area contributed by atoms with Crippen LogP contribution in [0.5, 0.6) is 5.88 Å². The molecular weight excluding hydrogens is 170 g/mol. The Bertz CT molecular complexity index is 292. The minimum atomic E-state index is 0.119. The normalized spacial score (nSPS) is 16.7. The molecule has 2 N–H and O–H groups in total. The summed E-state index contributed by atoms with van der Waals surface area (Å²) in [4.78, 5) is 7.89. The molecular formula is C8H11N3O2. The highest BCUT2D eigenvalue weighted by atomic mass is 16.6. The van der Waals surface area contributed by atoms with E-state index in [0.29, 0.717) is 19.1 Å². The van der Waals surface area contributed by atoms with Gasteiger partial charge in [-0.05, 0) is 6.92 Å². The number of rotatable bonds is 2. The number of nitrogens with zero attached hydrogens (tertiary/aromatic N) is 2. The van der Waals surface area contributed by atoms with Crippen molar-refractivity contribution in [3.63, 3.8) is 0 Å². The molecule has 1 aromatic rings. The van der Waals surface area contributed by atoms with E-state index in [1.54, 1.807) is 6.07 Å². The van der Waals surface area contributed by atoms with Gasteiger partial charge in [0.1, 0.15) is 6.10 Å². The molecule has 5 nitrogen and oxygen atoms in total. The van der Waals surface area contributed by atoms with Gasteiger partial charge < -0.3 is 15.2 Å². The van der Waals surface area contributed by atoms with Crippen LogP contribution in [0.25, 0.3) is 0 Å². The Balaban J connectivity index is 2.10. The first-order valence-corrected chi connectivity index (χ1v) is 4.09. The lowest BCUT2D eigenvalue weighted by atomic mass is 10.3. The van der Waals surface area contributed by atoms with Crippen molar-refractivity contribution in [3.8, 4) is 5.88 Å². The van der Waals surface area contributed by atoms with Gasteiger partial charge in [-0.2, -0.15) is 4.98 Å². The summed E-state index contributed by atoms with van der Waals surface area (Å²) in [7, 11) is 0. The third kappa shape index (κ3) is 1.86. The van der Waals surface area contributed by atoms with Gasteiger partial charge in [0.05, 0.1) is 13.2 Å². The molecule has 2 rings (SSSR count). The van der Waals surface area contributed by atoms with Gasteiger partial charge in [-0.15, -0.1) is 0 Å². The summed E-state index contributed by atoms with van der Waals surface area (Å²) in [6.45, 7) is 3.11. The average molecular weight is 181 g/mol. The maximum atomic E-state index is 5.46. The molecule has 1 aromatic heterocycles. The van der Waals surface area contributed by atoms with Crippen molar-refractivity contribution < 1.29 is 9.47 Å². The zero-order valence-electron chi connectivity index (χ0n) is 7.36. The second-order valence-electron chi connectivity index (χ2n) is 2.98. The van der Waals surface area contributed by atoms with Crippen LogP contribution in [-0.2, 0) is 4.74 Å². The van der Waals surface area contributed by atoms with E-state index in [-0.39, 0.29) is 12.1 Å². The Morgan fingerprint density at radius 2 is 2.31 bits per heavy atom. The van der Waals surface area contributed by atoms with Gasteiger partial charge in [0.25, 0.3) is 0 Å². The first-order valence-electron chi connectivity index (χ1n) is 4.09. The van der Waals surface area contributed by atoms with Crippen LogP contribution in [0.4, 0.5) is 5.95 Å². The fourth-order valence-electron chi connectivity index (χ4n) is 1.08. The monoisotopic (exact) mass is 181 g/mol. The first kappa shape index (κ1) is 8.25. The van der Waals surface area contributed by atoms with Crippen molar-refractivity contribution in [2.75, 3.05) is 18.9 Å². The summed E-state index contributed by atoms with van der Waals surface area (Å²) in [5.41, 5.74) is 6.27. The van der Waals surface area contributed by atoms with E-state index in [0.717, 1.165) is 5.69 Å². The van der Waals surface area contributed by atoms with E-state index in [9.17, 15) is 0 Å². The van der Waals surface area contributed by atoms with Crippen LogP contribution in [0.3, 0.4) is 0 Å². The lowest BCUT2D eigenvalue weighted by Crippen LogP contribution is -2.38. The molecule has 0 saturated carbocycles. The molecule has 0 radical (unpaired) electrons. The average Bonchev–Trinajstić information content (AvgIpc) is 1.95. The molecule has 1 saturated heterocycles. The molecule has 1 fully saturated rings. The van der Waals surface area contributed by atoms with E-state index in [1.165, 1.54) is 0 Å². The van der Waals surface area contributed by atoms with Crippen molar-refractivity contribution in [2.24, 2.45) is 0 Å². The molecule has 2 heterocycles. The van der Waals surface area contributed by atoms with Crippen LogP contribution >= 0.6 is 0 Å². The molecule has 0 amide bonds. The Kier molecular flexibility index (Phi) is 2.02. The Morgan fingerprint density at radius 1 is 1.54 bits per heavy atom. The Labute approximate surface area is 75.9 Å². The fraction of sp³-hybridized carbons (Fsp3) is 0.500. The largest absolute Gasteiger partial charge is 0.469 e. The van der Waals surface area contributed by atoms with Gasteiger partial charge in [-0.1, -0.05) is 0 Å². The van der Waals surface area contributed by atoms with Crippen molar-refractivity contribution in [2.45, 2.75) is 13.0 Å². The van der Waals surface area contributed by atoms with Crippen LogP contribution in [0, 0.1) is 6.92 Å². The smallest absolute Gasteiger partial charge is 0.223 e. The quantitative estimate of drug-likeness (QED) is 0.703. The standard InChI is InChI=1S/C8H11N3O2/c1-5-2-7(11-8(9)10-5)13-6-3-12-4-6/h2,6H,3-4H2,1H3,(H2,9,10,11). The van der Waals surface area contributed by atoms with E-state index in [2.05, 4.69) is 9.97 Å². The third-order valence-corrected chi connectivity index (χ3v) is 1.74. The zero-order valence-corrected chi connectivity index (χ0v) is 7.36. The fourth-order valence-corrected chi connectivity index (χ4v) is 1.08. The predicted octanol–water partition coefficient (Wildman–Crippen LogP) is 0.145. The molecule has 70 valence electrons. The number of aromatic nitrogens is 2. The number of anilines is 1. The lowest BCUT2D eigenvalue weighted by Gasteiger charge is -2.26. The second-order valence-corrected chi connectivity index (χ2v) is 2.98. The van der Waals surface area contributed by atoms with Crippen LogP contribution < -0.4 is 10.5 Å². The maximum Gasteiger partial charge on any atom is 0.223 e. The molecule has 1 aliphatic heterocycles. The number of nitrogens with two attached hydrogens (primary N) is 1. The molecule has 5 heteroatoms. The molecule has 1 aliphatic rings. The Morgan fingerprint density at radius 3 is 2.85 bits per heavy atom. The van der Waals surface area contributed by atoms with Gasteiger partial charge in [0, 0.05) is 11.8 Å². The highest BCUT2D eigenvalue weighted by molar-refractivity contribution is 5.25. The molecule has 0 bridgehead atoms. The minimum absolute atomic E-state index is 0.119. The van der Waals surface area contributed by atoms with Crippen molar-refractivity contribution in [1.29, 1.82) is 0 Å². The highest BCUT2D eigenvalue weighted by Crippen LogP contribution is 2.14. The van der Waals surface area contributed by atoms with E-state index in [1.807, 2.05) is 6.92 Å². The number of hydrogen-bond donors (Lipinski definition) is 1. The van der Waals surface area contributed by atoms with Crippen molar-refractivity contribution >= 4 is 5.95 Å². The summed E-state index contributed by atoms with van der Waals surface area (Å²) in [5, 5.41) is 0. The summed E-state index contributed by atoms with van der Waals surface area (Å²) < 4.78 is 10.4. The zero-order chi connectivity index (χ0) is 9.26. The van der Waals surface area contributed by atoms with E-state index >= 15 is 0 Å². The first-order chi connectivity index (χ1) is 6.24. The predicted molar refractivity (Wildman–Crippen MR) is 46.4 cm³/mol. The molecule has 0 unspecified atom stereocenters. The van der Waals surface area contributed by atoms with Gasteiger partial charge in [0.2, 0.25) is 11.8 Å². The topological polar surface area (TPSA) is 70.3 Å². The molecule has 0 aliphatic carbocycles. The summed E-state index contributed by atoms with van der Waals surface area (Å²) in [6, 6.07) is 1.76. The molecule has 0 aromatic carbocycles. The lowest BCUT2D eigenvalue weighted by molar-refractivity contribution is -0.0813. The highest BCUT2D eigenvalue weighted by Gasteiger charge is 2.20. The number of hydrogen-bond acceptors (Lipinski definition) is 5. The van der Waals surface area contributed by atoms with Gasteiger partial charge in [0.15, 0.2) is 0 Å². The van der Waals surface area contributed by atoms with Crippen molar-refractivity contribution in [3.05, 3.63) is 11.8 Å². The van der Waals surface area contributed by atoms with Crippen LogP contribution in [-0.4, -0.2) is 29.3 Å². The molecule has 0 spiro atoms. The van der Waals surface area contributed by atoms with E-state index in [4.69, 9.17) is 15.2 Å². The third-order valence-electron chi connectivity index (χ3n) is 1.74. The van der Waals surface area contributed by atoms with Crippen LogP contribution in [0.2, 0.25) is 0 Å². The van der Waals surface area contributed by atoms with Gasteiger partial charge in [-0.3, -0.25) is 0 Å². The molecule has 0 atom stereocenters. The maximum absolute atomic E-state index is 5.46. The van der Waals surface area contributed by atoms with E-state index < -0.39 is 0 Å². The number of nitrogen functional groups attached to an aromatic ring is 1. The summed E-state index contributed by atoms with van der Waals surface area (Å²) in [6.07, 6.45) is 0.119. The van der Waals surface area contributed by atoms with Gasteiger partial charge >= 0.3 is 0 Å². The number of ether oxygens (including phenoxy) is 2. The summed E-state index contributed by atoms with van der Waals surface area (Å²) >= 11 is 0. The van der Waals surface area contributed by atoms with Crippen LogP contribution in [0.1, 0.15) is 5.69 Å². The van der Waals surface area contributed by atoms with Crippen molar-refractivity contribution in [1.82, 2.24) is 9.97 Å². The summed E-state index contributed by atoms with van der Waals surface area (Å²) in [5.74, 6) is 0.772. The molecule has 13 heavy (non-hydrogen) atoms. The number of aryl methyl sites for hydroxylation is 1. The minimum Gasteiger partial charge on any atom is -0.469 e. The SMILES string of the molecule is Cc1cc(OC2COC2)nc(N)n1.